The maximum Gasteiger partial charge on any atom is 0.170 e. The molecule has 5 rings (SSSR count). The summed E-state index contributed by atoms with van der Waals surface area (Å²) in [5.41, 5.74) is 3.53. The Morgan fingerprint density at radius 2 is 1.83 bits per heavy atom. The molecule has 1 aliphatic rings. The van der Waals surface area contributed by atoms with Crippen molar-refractivity contribution in [2.24, 2.45) is 13.0 Å². The van der Waals surface area contributed by atoms with Crippen molar-refractivity contribution < 1.29 is 4.79 Å². The fraction of sp³-hybridized carbons (Fsp3) is 0.370. The van der Waals surface area contributed by atoms with Crippen LogP contribution in [-0.2, 0) is 13.5 Å². The molecule has 1 fully saturated rings. The molecular weight excluding hydrogens is 438 g/mol. The first-order valence-corrected chi connectivity index (χ1v) is 12.2. The number of ketones is 1. The van der Waals surface area contributed by atoms with Crippen LogP contribution in [0.25, 0.3) is 22.0 Å². The summed E-state index contributed by atoms with van der Waals surface area (Å²) >= 11 is 0. The molecule has 0 spiro atoms. The van der Waals surface area contributed by atoms with E-state index in [0.717, 1.165) is 60.6 Å². The van der Waals surface area contributed by atoms with Gasteiger partial charge in [0.15, 0.2) is 5.78 Å². The van der Waals surface area contributed by atoms with E-state index in [-0.39, 0.29) is 12.2 Å². The van der Waals surface area contributed by atoms with Crippen LogP contribution in [0.1, 0.15) is 30.0 Å². The number of piperazine rings is 1. The number of pyridine rings is 1. The molecular formula is C27H31N7O. The molecule has 1 saturated heterocycles. The van der Waals surface area contributed by atoms with Crippen LogP contribution >= 0.6 is 0 Å². The van der Waals surface area contributed by atoms with Gasteiger partial charge < -0.3 is 4.90 Å². The highest BCUT2D eigenvalue weighted by molar-refractivity contribution is 5.98. The lowest BCUT2D eigenvalue weighted by molar-refractivity contribution is 0.0990. The zero-order valence-corrected chi connectivity index (χ0v) is 20.6. The minimum atomic E-state index is -0.00476. The number of anilines is 1. The van der Waals surface area contributed by atoms with Crippen LogP contribution < -0.4 is 4.90 Å². The summed E-state index contributed by atoms with van der Waals surface area (Å²) in [6, 6.07) is 9.74. The highest BCUT2D eigenvalue weighted by atomic mass is 16.1. The molecule has 1 aromatic carbocycles. The number of fused-ring (bicyclic) bond motifs is 1. The average Bonchev–Trinajstić information content (AvgIpc) is 3.30. The zero-order valence-electron chi connectivity index (χ0n) is 20.6. The minimum absolute atomic E-state index is 0.00476. The molecule has 4 heterocycles. The topological polar surface area (TPSA) is 80.0 Å². The van der Waals surface area contributed by atoms with Gasteiger partial charge in [-0.15, -0.1) is 0 Å². The summed E-state index contributed by atoms with van der Waals surface area (Å²) in [7, 11) is 1.90. The lowest BCUT2D eigenvalue weighted by Crippen LogP contribution is -2.47. The van der Waals surface area contributed by atoms with Crippen molar-refractivity contribution in [3.63, 3.8) is 0 Å². The lowest BCUT2D eigenvalue weighted by atomic mass is 10.1. The third-order valence-corrected chi connectivity index (χ3v) is 6.38. The Kier molecular flexibility index (Phi) is 6.55. The summed E-state index contributed by atoms with van der Waals surface area (Å²) in [5, 5.41) is 5.19. The Bertz CT molecular complexity index is 1340. The first kappa shape index (κ1) is 23.1. The third kappa shape index (κ3) is 5.38. The number of aryl methyl sites for hydroxylation is 1. The molecule has 0 saturated carbocycles. The van der Waals surface area contributed by atoms with Crippen molar-refractivity contribution in [2.75, 3.05) is 37.6 Å². The van der Waals surface area contributed by atoms with E-state index in [1.165, 1.54) is 0 Å². The first-order chi connectivity index (χ1) is 16.9. The van der Waals surface area contributed by atoms with Gasteiger partial charge in [-0.2, -0.15) is 5.10 Å². The monoisotopic (exact) mass is 469 g/mol. The molecule has 8 nitrogen and oxygen atoms in total. The van der Waals surface area contributed by atoms with Gasteiger partial charge in [-0.3, -0.25) is 14.4 Å². The molecule has 0 atom stereocenters. The number of rotatable bonds is 7. The number of hydrogen-bond donors (Lipinski definition) is 0. The number of hydrogen-bond acceptors (Lipinski definition) is 7. The van der Waals surface area contributed by atoms with Gasteiger partial charge in [0.25, 0.3) is 0 Å². The number of carbonyl (C=O) groups excluding carboxylic acids is 1. The summed E-state index contributed by atoms with van der Waals surface area (Å²) in [4.78, 5) is 31.5. The van der Waals surface area contributed by atoms with Crippen molar-refractivity contribution in [3.05, 3.63) is 66.5 Å². The lowest BCUT2D eigenvalue weighted by Gasteiger charge is -2.36. The normalized spacial score (nSPS) is 14.7. The number of benzene rings is 1. The highest BCUT2D eigenvalue weighted by Gasteiger charge is 2.20. The van der Waals surface area contributed by atoms with Crippen LogP contribution in [-0.4, -0.2) is 68.1 Å². The summed E-state index contributed by atoms with van der Waals surface area (Å²) in [6.07, 6.45) is 7.46. The molecule has 35 heavy (non-hydrogen) atoms. The average molecular weight is 470 g/mol. The largest absolute Gasteiger partial charge is 0.354 e. The Labute approximate surface area is 205 Å². The zero-order chi connectivity index (χ0) is 24.4. The summed E-state index contributed by atoms with van der Waals surface area (Å²) in [5.74, 6) is 2.04. The van der Waals surface area contributed by atoms with Gasteiger partial charge in [-0.05, 0) is 29.7 Å². The van der Waals surface area contributed by atoms with Gasteiger partial charge in [-0.25, -0.2) is 15.0 Å². The number of nitrogens with zero attached hydrogens (tertiary/aromatic N) is 7. The predicted octanol–water partition coefficient (Wildman–Crippen LogP) is 3.63. The number of aromatic nitrogens is 5. The van der Waals surface area contributed by atoms with Crippen LogP contribution in [0.2, 0.25) is 0 Å². The predicted molar refractivity (Wildman–Crippen MR) is 138 cm³/mol. The number of carbonyl (C=O) groups is 1. The molecule has 3 aromatic heterocycles. The molecule has 0 aliphatic carbocycles. The molecule has 8 heteroatoms. The molecule has 0 radical (unpaired) electrons. The second-order valence-corrected chi connectivity index (χ2v) is 9.65. The van der Waals surface area contributed by atoms with E-state index in [4.69, 9.17) is 0 Å². The van der Waals surface area contributed by atoms with Gasteiger partial charge >= 0.3 is 0 Å². The van der Waals surface area contributed by atoms with Crippen molar-refractivity contribution in [1.82, 2.24) is 29.6 Å². The second kappa shape index (κ2) is 9.92. The molecule has 180 valence electrons. The van der Waals surface area contributed by atoms with Crippen molar-refractivity contribution >= 4 is 22.5 Å². The molecule has 0 amide bonds. The fourth-order valence-electron chi connectivity index (χ4n) is 4.58. The van der Waals surface area contributed by atoms with E-state index in [9.17, 15) is 4.79 Å². The van der Waals surface area contributed by atoms with Gasteiger partial charge in [0.2, 0.25) is 0 Å². The van der Waals surface area contributed by atoms with Crippen LogP contribution in [0, 0.1) is 5.92 Å². The fourth-order valence-corrected chi connectivity index (χ4v) is 4.58. The minimum Gasteiger partial charge on any atom is -0.354 e. The first-order valence-electron chi connectivity index (χ1n) is 12.2. The molecule has 4 aromatic rings. The van der Waals surface area contributed by atoms with Crippen molar-refractivity contribution in [2.45, 2.75) is 20.3 Å². The summed E-state index contributed by atoms with van der Waals surface area (Å²) < 4.78 is 1.78. The van der Waals surface area contributed by atoms with Crippen molar-refractivity contribution in [3.8, 4) is 11.1 Å². The second-order valence-electron chi connectivity index (χ2n) is 9.65. The maximum absolute atomic E-state index is 13.1. The Hall–Kier alpha value is -3.65. The maximum atomic E-state index is 13.1. The Morgan fingerprint density at radius 1 is 1.00 bits per heavy atom. The van der Waals surface area contributed by atoms with E-state index in [2.05, 4.69) is 43.7 Å². The number of Topliss-reactive ketones (excluding diaryl/α,β-unsaturated/α-hetero) is 1. The van der Waals surface area contributed by atoms with E-state index >= 15 is 0 Å². The standard InChI is InChI=1S/C27H31N7O/c1-19(2)17-33-8-10-34(11-9-33)27-13-21(6-7-28-27)25(35)14-26-29-15-22-5-4-20(12-24(22)31-26)23-16-30-32(3)18-23/h4-7,12-13,15-16,18-19H,8-11,14,17H2,1-3H3. The van der Waals surface area contributed by atoms with Gasteiger partial charge in [0.05, 0.1) is 18.1 Å². The third-order valence-electron chi connectivity index (χ3n) is 6.38. The van der Waals surface area contributed by atoms with E-state index in [1.807, 2.05) is 43.7 Å². The Balaban J connectivity index is 1.29. The van der Waals surface area contributed by atoms with Crippen molar-refractivity contribution in [1.29, 1.82) is 0 Å². The quantitative estimate of drug-likeness (QED) is 0.382. The van der Waals surface area contributed by atoms with Crippen LogP contribution in [0.3, 0.4) is 0 Å². The Morgan fingerprint density at radius 3 is 2.57 bits per heavy atom. The summed E-state index contributed by atoms with van der Waals surface area (Å²) in [6.45, 7) is 9.50. The molecule has 0 unspecified atom stereocenters. The van der Waals surface area contributed by atoms with E-state index in [0.29, 0.717) is 17.3 Å². The van der Waals surface area contributed by atoms with Gasteiger partial charge in [0.1, 0.15) is 11.6 Å². The molecule has 1 aliphatic heterocycles. The van der Waals surface area contributed by atoms with Crippen LogP contribution in [0.4, 0.5) is 5.82 Å². The highest BCUT2D eigenvalue weighted by Crippen LogP contribution is 2.23. The van der Waals surface area contributed by atoms with Gasteiger partial charge in [0, 0.05) is 74.9 Å². The molecule has 0 N–H and O–H groups in total. The van der Waals surface area contributed by atoms with Crippen LogP contribution in [0.5, 0.6) is 0 Å². The SMILES string of the molecule is CC(C)CN1CCN(c2cc(C(=O)Cc3ncc4ccc(-c5cnn(C)c5)cc4n3)ccn2)CC1. The van der Waals surface area contributed by atoms with Gasteiger partial charge in [-0.1, -0.05) is 26.0 Å². The smallest absolute Gasteiger partial charge is 0.170 e. The molecule has 0 bridgehead atoms. The van der Waals surface area contributed by atoms with E-state index in [1.54, 1.807) is 23.1 Å². The van der Waals surface area contributed by atoms with E-state index < -0.39 is 0 Å². The van der Waals surface area contributed by atoms with Crippen LogP contribution in [0.15, 0.2) is 55.1 Å².